The first kappa shape index (κ1) is 25.0. The molecule has 0 N–H and O–H groups in total. The normalized spacial score (nSPS) is 25.3. The predicted molar refractivity (Wildman–Crippen MR) is 150 cm³/mol. The summed E-state index contributed by atoms with van der Waals surface area (Å²) in [6.45, 7) is 2.24. The van der Waals surface area contributed by atoms with Crippen LogP contribution in [0.3, 0.4) is 0 Å². The monoisotopic (exact) mass is 560 g/mol. The van der Waals surface area contributed by atoms with E-state index in [2.05, 4.69) is 18.1 Å². The third kappa shape index (κ3) is 3.90. The molecule has 1 aliphatic heterocycles. The Morgan fingerprint density at radius 1 is 0.897 bits per heavy atom. The van der Waals surface area contributed by atoms with Crippen molar-refractivity contribution in [2.24, 2.45) is 5.41 Å². The summed E-state index contributed by atoms with van der Waals surface area (Å²) in [5.74, 6) is -1.14. The SMILES string of the molecule is CC12Cc3cnn(-c4ccc(F)cc4)c3C=C1CCCC21O[C@H](c2ccccc2Cl)[C@@H](c2ccccc2Cl)O1. The summed E-state index contributed by atoms with van der Waals surface area (Å²) < 4.78 is 29.7. The van der Waals surface area contributed by atoms with Crippen LogP contribution in [-0.4, -0.2) is 15.6 Å². The van der Waals surface area contributed by atoms with E-state index in [1.807, 2.05) is 59.4 Å². The van der Waals surface area contributed by atoms with Gasteiger partial charge in [0.1, 0.15) is 18.0 Å². The van der Waals surface area contributed by atoms with Crippen molar-refractivity contribution in [3.63, 3.8) is 0 Å². The van der Waals surface area contributed by atoms with Crippen molar-refractivity contribution in [1.82, 2.24) is 9.78 Å². The molecule has 2 heterocycles. The van der Waals surface area contributed by atoms with E-state index >= 15 is 0 Å². The third-order valence-electron chi connectivity index (χ3n) is 8.65. The molecule has 1 aromatic heterocycles. The summed E-state index contributed by atoms with van der Waals surface area (Å²) in [5, 5.41) is 5.97. The third-order valence-corrected chi connectivity index (χ3v) is 9.34. The Morgan fingerprint density at radius 2 is 1.51 bits per heavy atom. The molecule has 2 aliphatic carbocycles. The number of benzene rings is 3. The van der Waals surface area contributed by atoms with Crippen LogP contribution in [0.1, 0.15) is 60.8 Å². The number of aromatic nitrogens is 2. The standard InChI is InChI=1S/C32H27Cl2FN2O2/c1-31-18-20-19-36-37(23-14-12-22(35)13-15-23)28(20)17-21(31)7-6-16-32(31)38-29(24-8-2-4-10-26(24)33)30(39-32)25-9-3-5-11-27(25)34/h2-5,8-15,17,19,29-30H,6-7,16,18H2,1H3/t29-,30-,31?/m1/s1. The second-order valence-electron chi connectivity index (χ2n) is 10.8. The molecule has 198 valence electrons. The van der Waals surface area contributed by atoms with E-state index in [0.717, 1.165) is 47.3 Å². The highest BCUT2D eigenvalue weighted by atomic mass is 35.5. The highest BCUT2D eigenvalue weighted by molar-refractivity contribution is 6.31. The van der Waals surface area contributed by atoms with Gasteiger partial charge in [0.05, 0.1) is 17.6 Å². The second-order valence-corrected chi connectivity index (χ2v) is 11.7. The molecule has 7 heteroatoms. The lowest BCUT2D eigenvalue weighted by molar-refractivity contribution is -0.249. The predicted octanol–water partition coefficient (Wildman–Crippen LogP) is 8.67. The molecule has 4 nitrogen and oxygen atoms in total. The molecular weight excluding hydrogens is 534 g/mol. The van der Waals surface area contributed by atoms with Crippen LogP contribution in [0.15, 0.2) is 84.6 Å². The van der Waals surface area contributed by atoms with Crippen LogP contribution in [0.25, 0.3) is 11.8 Å². The molecule has 1 spiro atoms. The van der Waals surface area contributed by atoms with Crippen LogP contribution >= 0.6 is 23.2 Å². The van der Waals surface area contributed by atoms with Crippen molar-refractivity contribution in [2.45, 2.75) is 50.6 Å². The van der Waals surface area contributed by atoms with Gasteiger partial charge in [-0.1, -0.05) is 72.1 Å². The fourth-order valence-corrected chi connectivity index (χ4v) is 7.09. The minimum Gasteiger partial charge on any atom is -0.338 e. The molecule has 3 atom stereocenters. The van der Waals surface area contributed by atoms with Crippen molar-refractivity contribution < 1.29 is 13.9 Å². The first-order valence-corrected chi connectivity index (χ1v) is 14.0. The largest absolute Gasteiger partial charge is 0.338 e. The smallest absolute Gasteiger partial charge is 0.179 e. The minimum absolute atomic E-state index is 0.267. The van der Waals surface area contributed by atoms with Crippen molar-refractivity contribution in [3.05, 3.63) is 123 Å². The average Bonchev–Trinajstić information content (AvgIpc) is 3.51. The molecule has 1 unspecified atom stereocenters. The van der Waals surface area contributed by atoms with E-state index in [1.165, 1.54) is 17.7 Å². The summed E-state index contributed by atoms with van der Waals surface area (Å²) in [4.78, 5) is 0. The Bertz CT molecular complexity index is 1540. The van der Waals surface area contributed by atoms with Gasteiger partial charge in [-0.15, -0.1) is 0 Å². The summed E-state index contributed by atoms with van der Waals surface area (Å²) in [5.41, 5.74) is 5.58. The van der Waals surface area contributed by atoms with Gasteiger partial charge in [0.2, 0.25) is 0 Å². The molecule has 2 fully saturated rings. The molecule has 1 saturated heterocycles. The summed E-state index contributed by atoms with van der Waals surface area (Å²) >= 11 is 13.4. The van der Waals surface area contributed by atoms with Gasteiger partial charge in [0.15, 0.2) is 5.79 Å². The number of hydrogen-bond acceptors (Lipinski definition) is 3. The molecule has 0 amide bonds. The van der Waals surface area contributed by atoms with Crippen LogP contribution in [0.4, 0.5) is 4.39 Å². The van der Waals surface area contributed by atoms with Gasteiger partial charge in [0, 0.05) is 33.0 Å². The summed E-state index contributed by atoms with van der Waals surface area (Å²) in [6, 6.07) is 22.0. The molecule has 39 heavy (non-hydrogen) atoms. The zero-order valence-electron chi connectivity index (χ0n) is 21.4. The second kappa shape index (κ2) is 9.31. The lowest BCUT2D eigenvalue weighted by atomic mass is 9.62. The van der Waals surface area contributed by atoms with E-state index in [0.29, 0.717) is 16.5 Å². The van der Waals surface area contributed by atoms with E-state index in [1.54, 1.807) is 12.1 Å². The fraction of sp³-hybridized carbons (Fsp3) is 0.281. The molecule has 0 bridgehead atoms. The van der Waals surface area contributed by atoms with Gasteiger partial charge in [-0.2, -0.15) is 5.10 Å². The van der Waals surface area contributed by atoms with Gasteiger partial charge in [-0.05, 0) is 67.3 Å². The van der Waals surface area contributed by atoms with Crippen molar-refractivity contribution in [3.8, 4) is 5.69 Å². The number of ether oxygens (including phenoxy) is 2. The highest BCUT2D eigenvalue weighted by Crippen LogP contribution is 2.63. The van der Waals surface area contributed by atoms with Crippen LogP contribution in [-0.2, 0) is 15.9 Å². The molecule has 1 saturated carbocycles. The topological polar surface area (TPSA) is 36.3 Å². The summed E-state index contributed by atoms with van der Waals surface area (Å²) in [6.07, 6.45) is 6.63. The van der Waals surface area contributed by atoms with Gasteiger partial charge in [0.25, 0.3) is 0 Å². The Balaban J connectivity index is 1.33. The Kier molecular flexibility index (Phi) is 5.98. The highest BCUT2D eigenvalue weighted by Gasteiger charge is 2.62. The van der Waals surface area contributed by atoms with Crippen molar-refractivity contribution in [2.75, 3.05) is 0 Å². The van der Waals surface area contributed by atoms with Crippen molar-refractivity contribution in [1.29, 1.82) is 0 Å². The molecule has 3 aromatic carbocycles. The fourth-order valence-electron chi connectivity index (χ4n) is 6.61. The Labute approximate surface area is 237 Å². The quantitative estimate of drug-likeness (QED) is 0.251. The van der Waals surface area contributed by atoms with Crippen LogP contribution in [0.2, 0.25) is 10.0 Å². The maximum atomic E-state index is 13.6. The molecule has 4 aromatic rings. The van der Waals surface area contributed by atoms with Crippen LogP contribution in [0, 0.1) is 11.2 Å². The van der Waals surface area contributed by atoms with E-state index in [4.69, 9.17) is 32.7 Å². The number of halogens is 3. The lowest BCUT2D eigenvalue weighted by Gasteiger charge is -2.51. The van der Waals surface area contributed by atoms with Gasteiger partial charge in [-0.25, -0.2) is 9.07 Å². The number of nitrogens with zero attached hydrogens (tertiary/aromatic N) is 2. The lowest BCUT2D eigenvalue weighted by Crippen LogP contribution is -2.53. The van der Waals surface area contributed by atoms with Gasteiger partial charge in [-0.3, -0.25) is 0 Å². The Morgan fingerprint density at radius 3 is 2.13 bits per heavy atom. The number of hydrogen-bond donors (Lipinski definition) is 0. The van der Waals surface area contributed by atoms with E-state index in [9.17, 15) is 4.39 Å². The maximum absolute atomic E-state index is 13.6. The van der Waals surface area contributed by atoms with Crippen LogP contribution < -0.4 is 0 Å². The first-order valence-electron chi connectivity index (χ1n) is 13.3. The summed E-state index contributed by atoms with van der Waals surface area (Å²) in [7, 11) is 0. The zero-order valence-corrected chi connectivity index (χ0v) is 22.9. The Hall–Kier alpha value is -2.96. The zero-order chi connectivity index (χ0) is 26.8. The maximum Gasteiger partial charge on any atom is 0.179 e. The van der Waals surface area contributed by atoms with E-state index in [-0.39, 0.29) is 5.82 Å². The van der Waals surface area contributed by atoms with Gasteiger partial charge < -0.3 is 9.47 Å². The van der Waals surface area contributed by atoms with Gasteiger partial charge >= 0.3 is 0 Å². The molecular formula is C32H27Cl2FN2O2. The minimum atomic E-state index is -0.875. The molecule has 3 aliphatic rings. The molecule has 0 radical (unpaired) electrons. The molecule has 7 rings (SSSR count). The van der Waals surface area contributed by atoms with Crippen LogP contribution in [0.5, 0.6) is 0 Å². The number of fused-ring (bicyclic) bond motifs is 3. The average molecular weight is 561 g/mol. The van der Waals surface area contributed by atoms with Crippen molar-refractivity contribution >= 4 is 29.3 Å². The van der Waals surface area contributed by atoms with E-state index < -0.39 is 23.4 Å². The number of rotatable bonds is 3. The first-order chi connectivity index (χ1) is 18.9.